The second-order valence-electron chi connectivity index (χ2n) is 10.6. The average molecular weight is 580 g/mol. The molecule has 3 amide bonds. The van der Waals surface area contributed by atoms with Crippen LogP contribution in [0.2, 0.25) is 0 Å². The Morgan fingerprint density at radius 1 is 1.07 bits per heavy atom. The van der Waals surface area contributed by atoms with Gasteiger partial charge in [-0.2, -0.15) is 26.3 Å². The van der Waals surface area contributed by atoms with E-state index in [1.807, 2.05) is 0 Å². The third kappa shape index (κ3) is 5.06. The number of urea groups is 1. The number of carbonyl (C=O) groups excluding carboxylic acids is 2. The molecule has 4 aliphatic rings. The smallest absolute Gasteiger partial charge is 0.416 e. The lowest BCUT2D eigenvalue weighted by atomic mass is 9.86. The molecule has 8 nitrogen and oxygen atoms in total. The van der Waals surface area contributed by atoms with Crippen LogP contribution in [0.15, 0.2) is 54.1 Å². The zero-order valence-corrected chi connectivity index (χ0v) is 21.0. The highest BCUT2D eigenvalue weighted by Gasteiger charge is 2.81. The van der Waals surface area contributed by atoms with Gasteiger partial charge in [-0.15, -0.1) is 0 Å². The fourth-order valence-corrected chi connectivity index (χ4v) is 5.80. The first-order valence-corrected chi connectivity index (χ1v) is 12.7. The quantitative estimate of drug-likeness (QED) is 0.327. The summed E-state index contributed by atoms with van der Waals surface area (Å²) in [4.78, 5) is 28.5. The molecule has 1 aromatic carbocycles. The van der Waals surface area contributed by atoms with E-state index < -0.39 is 46.7 Å². The van der Waals surface area contributed by atoms with Gasteiger partial charge in [0.25, 0.3) is 0 Å². The molecule has 4 atom stereocenters. The summed E-state index contributed by atoms with van der Waals surface area (Å²) in [5, 5.41) is 18.1. The van der Waals surface area contributed by atoms with Gasteiger partial charge in [0.2, 0.25) is 5.91 Å². The van der Waals surface area contributed by atoms with Gasteiger partial charge >= 0.3 is 18.4 Å². The lowest BCUT2D eigenvalue weighted by Crippen LogP contribution is -2.39. The van der Waals surface area contributed by atoms with Gasteiger partial charge < -0.3 is 25.8 Å². The number of allylic oxidation sites excluding steroid dienone is 4. The summed E-state index contributed by atoms with van der Waals surface area (Å²) in [7, 11) is 0. The van der Waals surface area contributed by atoms with E-state index in [-0.39, 0.29) is 36.0 Å². The average Bonchev–Trinajstić information content (AvgIpc) is 3.74. The van der Waals surface area contributed by atoms with Gasteiger partial charge in [-0.3, -0.25) is 4.79 Å². The van der Waals surface area contributed by atoms with E-state index in [4.69, 9.17) is 4.74 Å². The predicted octanol–water partition coefficient (Wildman–Crippen LogP) is 5.94. The van der Waals surface area contributed by atoms with E-state index in [0.29, 0.717) is 48.7 Å². The number of pyridine rings is 1. The Labute approximate surface area is 228 Å². The van der Waals surface area contributed by atoms with Crippen molar-refractivity contribution in [2.45, 2.75) is 43.6 Å². The molecule has 2 aromatic rings. The summed E-state index contributed by atoms with van der Waals surface area (Å²) >= 11 is 0. The molecule has 1 aliphatic heterocycles. The summed E-state index contributed by atoms with van der Waals surface area (Å²) in [5.41, 5.74) is -3.71. The number of amides is 3. The van der Waals surface area contributed by atoms with Gasteiger partial charge in [0.15, 0.2) is 0 Å². The molecule has 0 radical (unpaired) electrons. The van der Waals surface area contributed by atoms with Gasteiger partial charge in [0, 0.05) is 41.7 Å². The molecule has 2 heterocycles. The molecule has 14 heteroatoms. The summed E-state index contributed by atoms with van der Waals surface area (Å²) in [5.74, 6) is 0.778. The molecule has 41 heavy (non-hydrogen) atoms. The highest BCUT2D eigenvalue weighted by molar-refractivity contribution is 5.93. The number of halogens is 6. The zero-order chi connectivity index (χ0) is 29.3. The Morgan fingerprint density at radius 2 is 1.78 bits per heavy atom. The minimum Gasteiger partial charge on any atom is -0.512 e. The zero-order valence-electron chi connectivity index (χ0n) is 21.0. The summed E-state index contributed by atoms with van der Waals surface area (Å²) in [6.45, 7) is 0. The number of hydrogen-bond acceptors (Lipinski definition) is 5. The van der Waals surface area contributed by atoms with Crippen LogP contribution in [0.1, 0.15) is 36.0 Å². The highest BCUT2D eigenvalue weighted by Crippen LogP contribution is 2.75. The van der Waals surface area contributed by atoms with Crippen LogP contribution in [0.4, 0.5) is 42.6 Å². The van der Waals surface area contributed by atoms with E-state index in [1.165, 1.54) is 12.3 Å². The van der Waals surface area contributed by atoms with Gasteiger partial charge in [0.1, 0.15) is 17.3 Å². The molecule has 216 valence electrons. The summed E-state index contributed by atoms with van der Waals surface area (Å²) < 4.78 is 85.1. The molecule has 1 unspecified atom stereocenters. The van der Waals surface area contributed by atoms with Crippen LogP contribution in [0.5, 0.6) is 5.75 Å². The maximum atomic E-state index is 13.2. The van der Waals surface area contributed by atoms with Crippen LogP contribution in [0.25, 0.3) is 0 Å². The number of rotatable bonds is 5. The first-order chi connectivity index (χ1) is 19.2. The molecule has 2 fully saturated rings. The van der Waals surface area contributed by atoms with E-state index >= 15 is 0 Å². The highest BCUT2D eigenvalue weighted by atomic mass is 19.4. The van der Waals surface area contributed by atoms with Crippen LogP contribution in [0.3, 0.4) is 0 Å². The molecule has 6 rings (SSSR count). The van der Waals surface area contributed by atoms with Crippen LogP contribution in [0, 0.1) is 17.8 Å². The number of fused-ring (bicyclic) bond motifs is 2. The van der Waals surface area contributed by atoms with Crippen molar-refractivity contribution in [3.05, 3.63) is 70.8 Å². The van der Waals surface area contributed by atoms with Gasteiger partial charge in [-0.05, 0) is 61.1 Å². The number of benzene rings is 1. The number of aliphatic hydroxyl groups excluding tert-OH is 1. The molecule has 0 spiro atoms. The van der Waals surface area contributed by atoms with Crippen molar-refractivity contribution >= 4 is 23.4 Å². The fraction of sp³-hybridized carbons (Fsp3) is 0.370. The van der Waals surface area contributed by atoms with Gasteiger partial charge in [0.05, 0.1) is 16.9 Å². The number of carbonyl (C=O) groups is 2. The number of nitrogens with zero attached hydrogens (tertiary/aromatic N) is 1. The van der Waals surface area contributed by atoms with Crippen molar-refractivity contribution in [1.82, 2.24) is 10.3 Å². The molecular formula is C27H22F6N4O4. The number of nitrogens with one attached hydrogen (secondary N) is 3. The molecule has 2 saturated carbocycles. The number of alkyl halides is 6. The first kappa shape index (κ1) is 27.0. The summed E-state index contributed by atoms with van der Waals surface area (Å²) in [6, 6.07) is 1.59. The Bertz CT molecular complexity index is 1490. The van der Waals surface area contributed by atoms with Crippen molar-refractivity contribution < 1.29 is 45.8 Å². The van der Waals surface area contributed by atoms with Crippen LogP contribution in [-0.4, -0.2) is 27.6 Å². The Morgan fingerprint density at radius 3 is 2.44 bits per heavy atom. The largest absolute Gasteiger partial charge is 0.512 e. The molecule has 3 aliphatic carbocycles. The second-order valence-corrected chi connectivity index (χ2v) is 10.6. The lowest BCUT2D eigenvalue weighted by molar-refractivity contribution is -0.143. The van der Waals surface area contributed by atoms with Crippen molar-refractivity contribution in [2.24, 2.45) is 17.8 Å². The number of aliphatic hydroxyl groups is 1. The topological polar surface area (TPSA) is 113 Å². The van der Waals surface area contributed by atoms with Gasteiger partial charge in [-0.1, -0.05) is 0 Å². The number of hydrogen-bond donors (Lipinski definition) is 4. The predicted molar refractivity (Wildman–Crippen MR) is 132 cm³/mol. The fourth-order valence-electron chi connectivity index (χ4n) is 5.80. The van der Waals surface area contributed by atoms with Crippen LogP contribution >= 0.6 is 0 Å². The molecule has 0 bridgehead atoms. The maximum absolute atomic E-state index is 13.2. The number of ether oxygens (including phenoxy) is 1. The van der Waals surface area contributed by atoms with Crippen LogP contribution < -0.4 is 20.7 Å². The minimum atomic E-state index is -5.04. The molecular weight excluding hydrogens is 558 g/mol. The van der Waals surface area contributed by atoms with E-state index in [1.54, 1.807) is 12.1 Å². The lowest BCUT2D eigenvalue weighted by Gasteiger charge is -2.27. The van der Waals surface area contributed by atoms with Gasteiger partial charge in [-0.25, -0.2) is 9.78 Å². The van der Waals surface area contributed by atoms with Crippen molar-refractivity contribution in [2.75, 3.05) is 10.6 Å². The number of anilines is 2. The Kier molecular flexibility index (Phi) is 6.01. The van der Waals surface area contributed by atoms with E-state index in [9.17, 15) is 41.0 Å². The van der Waals surface area contributed by atoms with Crippen molar-refractivity contribution in [1.29, 1.82) is 0 Å². The third-order valence-electron chi connectivity index (χ3n) is 7.96. The van der Waals surface area contributed by atoms with Crippen molar-refractivity contribution in [3.8, 4) is 5.75 Å². The SMILES string of the molecule is O=C1CCc2c(OC3=CC=C(O)C([C@@H]4[C@@H]5C[C@@]45NC(=O)Nc4cc(C(F)(F)F)cc(C(F)(F)F)c4)C3)ccnc2N1. The van der Waals surface area contributed by atoms with Crippen LogP contribution in [-0.2, 0) is 23.6 Å². The molecule has 0 saturated heterocycles. The second kappa shape index (κ2) is 9.14. The Balaban J connectivity index is 1.12. The maximum Gasteiger partial charge on any atom is 0.416 e. The standard InChI is InChI=1S/C27H22F6N4O4/c28-26(29,30)12-7-13(27(31,32)33)9-14(8-12)35-24(40)37-25-11-18(25)22(25)17-10-15(1-3-19(17)38)41-20-5-6-34-23-16(20)2-4-21(39)36-23/h1,3,5-9,17-18,22,38H,2,4,10-11H2,(H,34,36,39)(H2,35,37,40)/t17?,18-,22+,25-/m0/s1. The van der Waals surface area contributed by atoms with E-state index in [0.717, 1.165) is 5.56 Å². The normalized spacial score (nSPS) is 26.5. The monoisotopic (exact) mass is 580 g/mol. The Hall–Kier alpha value is -4.23. The summed E-state index contributed by atoms with van der Waals surface area (Å²) in [6.07, 6.45) is -3.89. The van der Waals surface area contributed by atoms with Crippen molar-refractivity contribution in [3.63, 3.8) is 0 Å². The third-order valence-corrected chi connectivity index (χ3v) is 7.96. The molecule has 4 N–H and O–H groups in total. The number of aromatic nitrogens is 1. The molecule has 1 aromatic heterocycles. The first-order valence-electron chi connectivity index (χ1n) is 12.7. The minimum absolute atomic E-state index is 0.00991. The van der Waals surface area contributed by atoms with E-state index in [2.05, 4.69) is 20.9 Å².